The minimum Gasteiger partial charge on any atom is -0.313 e. The van der Waals surface area contributed by atoms with Crippen molar-refractivity contribution in [3.8, 4) is 0 Å². The Morgan fingerprint density at radius 2 is 1.76 bits per heavy atom. The van der Waals surface area contributed by atoms with Crippen molar-refractivity contribution < 1.29 is 0 Å². The van der Waals surface area contributed by atoms with E-state index in [2.05, 4.69) is 68.4 Å². The van der Waals surface area contributed by atoms with E-state index in [-0.39, 0.29) is 0 Å². The smallest absolute Gasteiger partial charge is 0.0329 e. The maximum atomic E-state index is 3.46. The average Bonchev–Trinajstić information content (AvgIpc) is 2.48. The van der Waals surface area contributed by atoms with Crippen LogP contribution >= 0.6 is 0 Å². The van der Waals surface area contributed by atoms with Crippen LogP contribution in [0.5, 0.6) is 0 Å². The van der Waals surface area contributed by atoms with E-state index < -0.39 is 0 Å². The van der Waals surface area contributed by atoms with Crippen LogP contribution in [-0.2, 0) is 0 Å². The van der Waals surface area contributed by atoms with Crippen molar-refractivity contribution in [3.63, 3.8) is 0 Å². The third-order valence-electron chi connectivity index (χ3n) is 5.10. The maximum absolute atomic E-state index is 3.46. The molecule has 1 atom stereocenters. The zero-order chi connectivity index (χ0) is 15.3. The summed E-state index contributed by atoms with van der Waals surface area (Å²) in [5.74, 6) is 0.892. The van der Waals surface area contributed by atoms with Gasteiger partial charge in [-0.2, -0.15) is 0 Å². The summed E-state index contributed by atoms with van der Waals surface area (Å²) >= 11 is 0. The van der Waals surface area contributed by atoms with E-state index in [0.717, 1.165) is 5.92 Å². The van der Waals surface area contributed by atoms with Crippen molar-refractivity contribution >= 4 is 0 Å². The highest BCUT2D eigenvalue weighted by atomic mass is 15.1. The van der Waals surface area contributed by atoms with Crippen LogP contribution in [0.4, 0.5) is 0 Å². The molecule has 1 aromatic rings. The fraction of sp³-hybridized carbons (Fsp3) is 0.684. The first kappa shape index (κ1) is 16.5. The summed E-state index contributed by atoms with van der Waals surface area (Å²) in [7, 11) is 2.07. The molecule has 21 heavy (non-hydrogen) atoms. The van der Waals surface area contributed by atoms with Crippen molar-refractivity contribution in [1.29, 1.82) is 0 Å². The molecule has 0 aliphatic carbocycles. The van der Waals surface area contributed by atoms with Gasteiger partial charge in [0, 0.05) is 6.04 Å². The van der Waals surface area contributed by atoms with Gasteiger partial charge in [-0.15, -0.1) is 0 Å². The quantitative estimate of drug-likeness (QED) is 0.877. The van der Waals surface area contributed by atoms with Crippen LogP contribution in [0.1, 0.15) is 51.6 Å². The molecule has 2 heteroatoms. The lowest BCUT2D eigenvalue weighted by Crippen LogP contribution is -2.39. The van der Waals surface area contributed by atoms with Gasteiger partial charge in [-0.25, -0.2) is 0 Å². The Hall–Kier alpha value is -0.860. The van der Waals surface area contributed by atoms with Gasteiger partial charge in [0.2, 0.25) is 0 Å². The molecule has 2 rings (SSSR count). The topological polar surface area (TPSA) is 15.3 Å². The van der Waals surface area contributed by atoms with E-state index in [4.69, 9.17) is 0 Å². The van der Waals surface area contributed by atoms with Crippen LogP contribution in [0.25, 0.3) is 0 Å². The molecule has 2 nitrogen and oxygen atoms in total. The number of hydrogen-bond donors (Lipinski definition) is 1. The normalized spacial score (nSPS) is 19.6. The maximum Gasteiger partial charge on any atom is 0.0329 e. The average molecular weight is 288 g/mol. The summed E-state index contributed by atoms with van der Waals surface area (Å²) in [5.41, 5.74) is 1.88. The lowest BCUT2D eigenvalue weighted by Gasteiger charge is -2.39. The molecule has 0 radical (unpaired) electrons. The Morgan fingerprint density at radius 1 is 1.14 bits per heavy atom. The first-order valence-electron chi connectivity index (χ1n) is 8.45. The summed E-state index contributed by atoms with van der Waals surface area (Å²) in [4.78, 5) is 2.65. The minimum absolute atomic E-state index is 0.476. The van der Waals surface area contributed by atoms with Crippen molar-refractivity contribution in [2.75, 3.05) is 26.7 Å². The summed E-state index contributed by atoms with van der Waals surface area (Å²) in [6.45, 7) is 10.9. The third-order valence-corrected chi connectivity index (χ3v) is 5.10. The van der Waals surface area contributed by atoms with Gasteiger partial charge in [0.05, 0.1) is 0 Å². The highest BCUT2D eigenvalue weighted by Gasteiger charge is 2.28. The fourth-order valence-electron chi connectivity index (χ4n) is 3.50. The molecule has 0 bridgehead atoms. The molecule has 1 heterocycles. The Labute approximate surface area is 130 Å². The highest BCUT2D eigenvalue weighted by Crippen LogP contribution is 2.34. The number of nitrogens with one attached hydrogen (secondary N) is 1. The monoisotopic (exact) mass is 288 g/mol. The molecule has 1 saturated heterocycles. The lowest BCUT2D eigenvalue weighted by atomic mass is 9.75. The molecule has 1 aliphatic heterocycles. The second kappa shape index (κ2) is 7.42. The van der Waals surface area contributed by atoms with Crippen molar-refractivity contribution in [3.05, 3.63) is 35.9 Å². The van der Waals surface area contributed by atoms with E-state index >= 15 is 0 Å². The largest absolute Gasteiger partial charge is 0.313 e. The van der Waals surface area contributed by atoms with Crippen molar-refractivity contribution in [2.24, 2.45) is 11.3 Å². The second-order valence-corrected chi connectivity index (χ2v) is 7.52. The van der Waals surface area contributed by atoms with Crippen molar-refractivity contribution in [2.45, 2.75) is 46.1 Å². The highest BCUT2D eigenvalue weighted by molar-refractivity contribution is 5.18. The van der Waals surface area contributed by atoms with Gasteiger partial charge >= 0.3 is 0 Å². The van der Waals surface area contributed by atoms with Gasteiger partial charge in [0.25, 0.3) is 0 Å². The molecule has 1 aliphatic rings. The summed E-state index contributed by atoms with van der Waals surface area (Å²) < 4.78 is 0. The molecule has 0 saturated carbocycles. The number of benzene rings is 1. The van der Waals surface area contributed by atoms with Crippen LogP contribution in [0, 0.1) is 11.3 Å². The van der Waals surface area contributed by atoms with Gasteiger partial charge in [0.15, 0.2) is 0 Å². The van der Waals surface area contributed by atoms with E-state index in [0.29, 0.717) is 11.5 Å². The molecule has 0 spiro atoms. The predicted octanol–water partition coefficient (Wildman–Crippen LogP) is 4.10. The van der Waals surface area contributed by atoms with Crippen LogP contribution in [0.2, 0.25) is 0 Å². The van der Waals surface area contributed by atoms with Gasteiger partial charge in [-0.1, -0.05) is 51.1 Å². The van der Waals surface area contributed by atoms with Crippen LogP contribution in [0.15, 0.2) is 30.3 Å². The Morgan fingerprint density at radius 3 is 2.29 bits per heavy atom. The first-order valence-corrected chi connectivity index (χ1v) is 8.45. The Kier molecular flexibility index (Phi) is 5.83. The molecule has 1 aromatic carbocycles. The molecular weight excluding hydrogens is 256 g/mol. The minimum atomic E-state index is 0.476. The molecule has 1 N–H and O–H groups in total. The van der Waals surface area contributed by atoms with Crippen LogP contribution < -0.4 is 5.32 Å². The molecule has 118 valence electrons. The van der Waals surface area contributed by atoms with E-state index in [9.17, 15) is 0 Å². The van der Waals surface area contributed by atoms with Crippen LogP contribution in [-0.4, -0.2) is 31.6 Å². The number of likely N-dealkylation sites (tertiary alicyclic amines) is 1. The van der Waals surface area contributed by atoms with E-state index in [1.807, 2.05) is 0 Å². The summed E-state index contributed by atoms with van der Waals surface area (Å²) in [6.07, 6.45) is 3.92. The Bertz CT molecular complexity index is 399. The summed E-state index contributed by atoms with van der Waals surface area (Å²) in [6, 6.07) is 11.3. The molecule has 0 aromatic heterocycles. The predicted molar refractivity (Wildman–Crippen MR) is 91.5 cm³/mol. The van der Waals surface area contributed by atoms with Crippen molar-refractivity contribution in [1.82, 2.24) is 10.2 Å². The molecule has 1 fully saturated rings. The Balaban J connectivity index is 1.79. The standard InChI is InChI=1S/C19H32N2/c1-19(2,3)17-10-13-21(14-11-17)15-12-18(20-4)16-8-6-5-7-9-16/h5-9,17-18,20H,10-15H2,1-4H3. The van der Waals surface area contributed by atoms with Gasteiger partial charge < -0.3 is 10.2 Å². The van der Waals surface area contributed by atoms with Gasteiger partial charge in [-0.3, -0.25) is 0 Å². The second-order valence-electron chi connectivity index (χ2n) is 7.52. The number of piperidine rings is 1. The fourth-order valence-corrected chi connectivity index (χ4v) is 3.50. The van der Waals surface area contributed by atoms with Gasteiger partial charge in [0.1, 0.15) is 0 Å². The molecule has 0 amide bonds. The molecular formula is C19H32N2. The van der Waals surface area contributed by atoms with E-state index in [1.54, 1.807) is 0 Å². The van der Waals surface area contributed by atoms with Gasteiger partial charge in [-0.05, 0) is 62.8 Å². The van der Waals surface area contributed by atoms with Crippen LogP contribution in [0.3, 0.4) is 0 Å². The zero-order valence-electron chi connectivity index (χ0n) is 14.2. The number of hydrogen-bond acceptors (Lipinski definition) is 2. The summed E-state index contributed by atoms with van der Waals surface area (Å²) in [5, 5.41) is 3.46. The third kappa shape index (κ3) is 4.82. The lowest BCUT2D eigenvalue weighted by molar-refractivity contribution is 0.109. The first-order chi connectivity index (χ1) is 10.0. The number of rotatable bonds is 5. The molecule has 1 unspecified atom stereocenters. The zero-order valence-corrected chi connectivity index (χ0v) is 14.2. The number of nitrogens with zero attached hydrogens (tertiary/aromatic N) is 1. The van der Waals surface area contributed by atoms with E-state index in [1.165, 1.54) is 44.5 Å². The SMILES string of the molecule is CNC(CCN1CCC(C(C)(C)C)CC1)c1ccccc1.